The van der Waals surface area contributed by atoms with Gasteiger partial charge in [0.25, 0.3) is 11.8 Å². The Bertz CT molecular complexity index is 1130. The molecule has 7 heteroatoms. The van der Waals surface area contributed by atoms with Crippen LogP contribution in [0.25, 0.3) is 0 Å². The fourth-order valence-corrected chi connectivity index (χ4v) is 3.53. The van der Waals surface area contributed by atoms with Crippen LogP contribution in [0.4, 0.5) is 11.4 Å². The molecule has 0 bridgehead atoms. The molecule has 0 fully saturated rings. The van der Waals surface area contributed by atoms with E-state index in [4.69, 9.17) is 21.1 Å². The molecule has 3 aromatic carbocycles. The second-order valence-corrected chi connectivity index (χ2v) is 8.08. The van der Waals surface area contributed by atoms with Crippen molar-refractivity contribution >= 4 is 34.8 Å². The molecule has 1 unspecified atom stereocenters. The Hall–Kier alpha value is -3.51. The van der Waals surface area contributed by atoms with Crippen molar-refractivity contribution in [3.8, 4) is 11.5 Å². The summed E-state index contributed by atoms with van der Waals surface area (Å²) in [7, 11) is 0. The highest BCUT2D eigenvalue weighted by atomic mass is 35.5. The molecule has 1 heterocycles. The zero-order chi connectivity index (χ0) is 22.7. The fraction of sp³-hybridized carbons (Fsp3) is 0.200. The molecule has 2 amide bonds. The van der Waals surface area contributed by atoms with Gasteiger partial charge in [-0.2, -0.15) is 0 Å². The SMILES string of the molecule is Cc1ccc(OCC(=O)Nc2ccc3c(c2)N(Cc2ccc(Cl)cc2)C(=O)C(C)O3)cc1. The van der Waals surface area contributed by atoms with E-state index in [1.54, 1.807) is 42.2 Å². The lowest BCUT2D eigenvalue weighted by Crippen LogP contribution is -2.44. The summed E-state index contributed by atoms with van der Waals surface area (Å²) in [4.78, 5) is 26.9. The Morgan fingerprint density at radius 3 is 2.53 bits per heavy atom. The molecule has 1 aliphatic rings. The number of benzene rings is 3. The van der Waals surface area contributed by atoms with Gasteiger partial charge in [-0.05, 0) is 61.9 Å². The summed E-state index contributed by atoms with van der Waals surface area (Å²) in [6, 6.07) is 20.0. The lowest BCUT2D eigenvalue weighted by molar-refractivity contribution is -0.125. The minimum atomic E-state index is -0.599. The number of amides is 2. The molecule has 1 N–H and O–H groups in total. The molecule has 4 rings (SSSR count). The third-order valence-electron chi connectivity index (χ3n) is 5.10. The normalized spacial score (nSPS) is 15.0. The number of nitrogens with zero attached hydrogens (tertiary/aromatic N) is 1. The number of fused-ring (bicyclic) bond motifs is 1. The van der Waals surface area contributed by atoms with Crippen LogP contribution >= 0.6 is 11.6 Å². The molecule has 6 nitrogen and oxygen atoms in total. The number of rotatable bonds is 6. The van der Waals surface area contributed by atoms with Gasteiger partial charge in [-0.1, -0.05) is 41.4 Å². The van der Waals surface area contributed by atoms with E-state index in [0.29, 0.717) is 34.4 Å². The van der Waals surface area contributed by atoms with E-state index in [9.17, 15) is 9.59 Å². The number of carbonyl (C=O) groups is 2. The Morgan fingerprint density at radius 2 is 1.81 bits per heavy atom. The van der Waals surface area contributed by atoms with Crippen molar-refractivity contribution in [1.29, 1.82) is 0 Å². The van der Waals surface area contributed by atoms with Crippen molar-refractivity contribution in [2.24, 2.45) is 0 Å². The van der Waals surface area contributed by atoms with Crippen LogP contribution in [-0.4, -0.2) is 24.5 Å². The van der Waals surface area contributed by atoms with Gasteiger partial charge in [0.2, 0.25) is 0 Å². The zero-order valence-corrected chi connectivity index (χ0v) is 18.6. The van der Waals surface area contributed by atoms with Crippen molar-refractivity contribution in [2.45, 2.75) is 26.5 Å². The quantitative estimate of drug-likeness (QED) is 0.575. The standard InChI is InChI=1S/C25H23ClN2O4/c1-16-3-10-21(11-4-16)31-15-24(29)27-20-9-12-23-22(13-20)28(25(30)17(2)32-23)14-18-5-7-19(26)8-6-18/h3-13,17H,14-15H2,1-2H3,(H,27,29). The smallest absolute Gasteiger partial charge is 0.268 e. The maximum atomic E-state index is 12.8. The molecular formula is C25H23ClN2O4. The van der Waals surface area contributed by atoms with Crippen molar-refractivity contribution < 1.29 is 19.1 Å². The number of aryl methyl sites for hydroxylation is 1. The maximum Gasteiger partial charge on any atom is 0.268 e. The van der Waals surface area contributed by atoms with Crippen molar-refractivity contribution in [3.63, 3.8) is 0 Å². The van der Waals surface area contributed by atoms with Gasteiger partial charge in [-0.15, -0.1) is 0 Å². The summed E-state index contributed by atoms with van der Waals surface area (Å²) in [6.45, 7) is 3.95. The molecule has 1 atom stereocenters. The molecule has 0 aliphatic carbocycles. The van der Waals surface area contributed by atoms with Crippen LogP contribution in [0, 0.1) is 6.92 Å². The Balaban J connectivity index is 1.49. The zero-order valence-electron chi connectivity index (χ0n) is 17.8. The van der Waals surface area contributed by atoms with Gasteiger partial charge in [-0.25, -0.2) is 0 Å². The number of hydrogen-bond donors (Lipinski definition) is 1. The summed E-state index contributed by atoms with van der Waals surface area (Å²) < 4.78 is 11.3. The minimum absolute atomic E-state index is 0.124. The second-order valence-electron chi connectivity index (χ2n) is 7.64. The lowest BCUT2D eigenvalue weighted by Gasteiger charge is -2.33. The minimum Gasteiger partial charge on any atom is -0.484 e. The third kappa shape index (κ3) is 5.03. The highest BCUT2D eigenvalue weighted by molar-refractivity contribution is 6.30. The lowest BCUT2D eigenvalue weighted by atomic mass is 10.1. The highest BCUT2D eigenvalue weighted by Crippen LogP contribution is 2.37. The number of halogens is 1. The van der Waals surface area contributed by atoms with Gasteiger partial charge < -0.3 is 19.7 Å². The average Bonchev–Trinajstić information content (AvgIpc) is 2.78. The first-order chi connectivity index (χ1) is 15.4. The van der Waals surface area contributed by atoms with Crippen LogP contribution < -0.4 is 19.7 Å². The maximum absolute atomic E-state index is 12.8. The molecular weight excluding hydrogens is 428 g/mol. The average molecular weight is 451 g/mol. The van der Waals surface area contributed by atoms with E-state index in [1.165, 1.54) is 0 Å². The van der Waals surface area contributed by atoms with Gasteiger partial charge in [0.15, 0.2) is 12.7 Å². The van der Waals surface area contributed by atoms with E-state index < -0.39 is 6.10 Å². The molecule has 0 aromatic heterocycles. The molecule has 3 aromatic rings. The number of carbonyl (C=O) groups excluding carboxylic acids is 2. The Kier molecular flexibility index (Phi) is 6.32. The van der Waals surface area contributed by atoms with E-state index in [0.717, 1.165) is 11.1 Å². The van der Waals surface area contributed by atoms with Gasteiger partial charge in [0.1, 0.15) is 11.5 Å². The number of ether oxygens (including phenoxy) is 2. The van der Waals surface area contributed by atoms with Crippen molar-refractivity contribution in [2.75, 3.05) is 16.8 Å². The van der Waals surface area contributed by atoms with Gasteiger partial charge in [0, 0.05) is 10.7 Å². The highest BCUT2D eigenvalue weighted by Gasteiger charge is 2.31. The van der Waals surface area contributed by atoms with Crippen LogP contribution in [0.2, 0.25) is 5.02 Å². The summed E-state index contributed by atoms with van der Waals surface area (Å²) in [5.41, 5.74) is 3.20. The topological polar surface area (TPSA) is 67.9 Å². The van der Waals surface area contributed by atoms with Gasteiger partial charge in [-0.3, -0.25) is 9.59 Å². The summed E-state index contributed by atoms with van der Waals surface area (Å²) in [5.74, 6) is 0.753. The predicted octanol–water partition coefficient (Wildman–Crippen LogP) is 4.98. The number of nitrogens with one attached hydrogen (secondary N) is 1. The Labute approximate surface area is 191 Å². The number of anilines is 2. The predicted molar refractivity (Wildman–Crippen MR) is 124 cm³/mol. The summed E-state index contributed by atoms with van der Waals surface area (Å²) in [6.07, 6.45) is -0.599. The monoisotopic (exact) mass is 450 g/mol. The van der Waals surface area contributed by atoms with Crippen LogP contribution in [0.1, 0.15) is 18.1 Å². The first-order valence-electron chi connectivity index (χ1n) is 10.2. The molecule has 0 saturated carbocycles. The molecule has 0 radical (unpaired) electrons. The van der Waals surface area contributed by atoms with Crippen LogP contribution in [0.15, 0.2) is 66.7 Å². The van der Waals surface area contributed by atoms with Crippen LogP contribution in [0.3, 0.4) is 0 Å². The van der Waals surface area contributed by atoms with Crippen molar-refractivity contribution in [1.82, 2.24) is 0 Å². The van der Waals surface area contributed by atoms with E-state index in [1.807, 2.05) is 43.3 Å². The fourth-order valence-electron chi connectivity index (χ4n) is 3.40. The molecule has 0 spiro atoms. The molecule has 1 aliphatic heterocycles. The van der Waals surface area contributed by atoms with E-state index in [2.05, 4.69) is 5.32 Å². The first kappa shape index (κ1) is 21.7. The van der Waals surface area contributed by atoms with Crippen molar-refractivity contribution in [3.05, 3.63) is 82.9 Å². The summed E-state index contributed by atoms with van der Waals surface area (Å²) >= 11 is 5.98. The Morgan fingerprint density at radius 1 is 1.09 bits per heavy atom. The number of hydrogen-bond acceptors (Lipinski definition) is 4. The van der Waals surface area contributed by atoms with Gasteiger partial charge >= 0.3 is 0 Å². The third-order valence-corrected chi connectivity index (χ3v) is 5.35. The molecule has 32 heavy (non-hydrogen) atoms. The largest absolute Gasteiger partial charge is 0.484 e. The van der Waals surface area contributed by atoms with Crippen LogP contribution in [-0.2, 0) is 16.1 Å². The van der Waals surface area contributed by atoms with E-state index in [-0.39, 0.29) is 18.4 Å². The van der Waals surface area contributed by atoms with Crippen LogP contribution in [0.5, 0.6) is 11.5 Å². The van der Waals surface area contributed by atoms with Gasteiger partial charge in [0.05, 0.1) is 12.2 Å². The second kappa shape index (κ2) is 9.32. The van der Waals surface area contributed by atoms with E-state index >= 15 is 0 Å². The first-order valence-corrected chi connectivity index (χ1v) is 10.6. The summed E-state index contributed by atoms with van der Waals surface area (Å²) in [5, 5.41) is 3.45. The molecule has 164 valence electrons. The molecule has 0 saturated heterocycles.